The summed E-state index contributed by atoms with van der Waals surface area (Å²) in [5.41, 5.74) is 0. The summed E-state index contributed by atoms with van der Waals surface area (Å²) in [7, 11) is 0. The number of piperidine rings is 1. The Morgan fingerprint density at radius 3 is 2.55 bits per heavy atom. The van der Waals surface area contributed by atoms with Gasteiger partial charge < -0.3 is 15.0 Å². The smallest absolute Gasteiger partial charge is 0.225 e. The minimum absolute atomic E-state index is 0.229. The van der Waals surface area contributed by atoms with Gasteiger partial charge in [-0.3, -0.25) is 0 Å². The minimum Gasteiger partial charge on any atom is -0.385 e. The van der Waals surface area contributed by atoms with Crippen molar-refractivity contribution in [2.24, 2.45) is 5.92 Å². The van der Waals surface area contributed by atoms with Crippen LogP contribution in [0.15, 0.2) is 29.3 Å². The van der Waals surface area contributed by atoms with Gasteiger partial charge in [-0.05, 0) is 34.7 Å². The SMILES string of the molecule is OC(c1ncc[nH]1)C1CCN(c2ncc(Br)cn2)CC1. The molecule has 1 atom stereocenters. The van der Waals surface area contributed by atoms with Crippen LogP contribution in [-0.4, -0.2) is 38.1 Å². The number of rotatable bonds is 3. The van der Waals surface area contributed by atoms with Crippen molar-refractivity contribution < 1.29 is 5.11 Å². The Hall–Kier alpha value is -1.47. The molecule has 1 saturated heterocycles. The lowest BCUT2D eigenvalue weighted by molar-refractivity contribution is 0.0855. The Balaban J connectivity index is 1.60. The number of aromatic nitrogens is 4. The topological polar surface area (TPSA) is 77.9 Å². The third-order valence-corrected chi connectivity index (χ3v) is 4.08. The highest BCUT2D eigenvalue weighted by Crippen LogP contribution is 2.30. The van der Waals surface area contributed by atoms with Gasteiger partial charge in [0.15, 0.2) is 0 Å². The lowest BCUT2D eigenvalue weighted by Gasteiger charge is -2.33. The second-order valence-corrected chi connectivity index (χ2v) is 5.86. The Morgan fingerprint density at radius 2 is 1.95 bits per heavy atom. The van der Waals surface area contributed by atoms with E-state index in [0.717, 1.165) is 36.4 Å². The van der Waals surface area contributed by atoms with Gasteiger partial charge in [-0.1, -0.05) is 0 Å². The normalized spacial score (nSPS) is 18.2. The average Bonchev–Trinajstić information content (AvgIpc) is 3.02. The van der Waals surface area contributed by atoms with Gasteiger partial charge in [-0.25, -0.2) is 15.0 Å². The highest BCUT2D eigenvalue weighted by Gasteiger charge is 2.28. The van der Waals surface area contributed by atoms with Gasteiger partial charge in [0.25, 0.3) is 0 Å². The van der Waals surface area contributed by atoms with E-state index in [-0.39, 0.29) is 5.92 Å². The molecule has 1 aliphatic rings. The minimum atomic E-state index is -0.516. The molecule has 3 rings (SSSR count). The number of H-pyrrole nitrogens is 1. The molecular formula is C13H16BrN5O. The summed E-state index contributed by atoms with van der Waals surface area (Å²) in [5, 5.41) is 10.3. The summed E-state index contributed by atoms with van der Waals surface area (Å²) >= 11 is 3.33. The van der Waals surface area contributed by atoms with E-state index in [4.69, 9.17) is 0 Å². The monoisotopic (exact) mass is 337 g/mol. The lowest BCUT2D eigenvalue weighted by atomic mass is 9.91. The second-order valence-electron chi connectivity index (χ2n) is 4.95. The Kier molecular flexibility index (Phi) is 3.98. The van der Waals surface area contributed by atoms with Crippen LogP contribution in [0.5, 0.6) is 0 Å². The van der Waals surface area contributed by atoms with Crippen molar-refractivity contribution in [3.8, 4) is 0 Å². The van der Waals surface area contributed by atoms with Crippen molar-refractivity contribution in [3.05, 3.63) is 35.1 Å². The number of anilines is 1. The van der Waals surface area contributed by atoms with E-state index in [1.165, 1.54) is 0 Å². The molecule has 0 aliphatic carbocycles. The fourth-order valence-electron chi connectivity index (χ4n) is 2.55. The number of aliphatic hydroxyl groups is 1. The first-order chi connectivity index (χ1) is 9.74. The van der Waals surface area contributed by atoms with Crippen LogP contribution in [0, 0.1) is 5.92 Å². The van der Waals surface area contributed by atoms with Gasteiger partial charge in [-0.2, -0.15) is 0 Å². The van der Waals surface area contributed by atoms with E-state index in [9.17, 15) is 5.11 Å². The van der Waals surface area contributed by atoms with Gasteiger partial charge in [0.05, 0.1) is 4.47 Å². The molecule has 1 unspecified atom stereocenters. The van der Waals surface area contributed by atoms with E-state index in [1.54, 1.807) is 24.8 Å². The molecule has 2 aromatic heterocycles. The number of aromatic amines is 1. The van der Waals surface area contributed by atoms with Crippen LogP contribution in [0.4, 0.5) is 5.95 Å². The van der Waals surface area contributed by atoms with Gasteiger partial charge >= 0.3 is 0 Å². The Morgan fingerprint density at radius 1 is 1.25 bits per heavy atom. The molecule has 6 nitrogen and oxygen atoms in total. The van der Waals surface area contributed by atoms with Crippen LogP contribution < -0.4 is 4.90 Å². The van der Waals surface area contributed by atoms with Crippen molar-refractivity contribution in [2.45, 2.75) is 18.9 Å². The van der Waals surface area contributed by atoms with E-state index in [1.807, 2.05) is 0 Å². The summed E-state index contributed by atoms with van der Waals surface area (Å²) in [6.45, 7) is 1.70. The van der Waals surface area contributed by atoms with Crippen molar-refractivity contribution in [3.63, 3.8) is 0 Å². The number of nitrogens with one attached hydrogen (secondary N) is 1. The first-order valence-corrected chi connectivity index (χ1v) is 7.43. The number of halogens is 1. The molecule has 0 radical (unpaired) electrons. The zero-order chi connectivity index (χ0) is 13.9. The molecule has 20 heavy (non-hydrogen) atoms. The predicted molar refractivity (Wildman–Crippen MR) is 78.2 cm³/mol. The Bertz CT molecular complexity index is 536. The highest BCUT2D eigenvalue weighted by molar-refractivity contribution is 9.10. The predicted octanol–water partition coefficient (Wildman–Crippen LogP) is 1.91. The van der Waals surface area contributed by atoms with Crippen LogP contribution in [0.2, 0.25) is 0 Å². The standard InChI is InChI=1S/C13H16BrN5O/c14-10-7-17-13(18-8-10)19-5-1-9(2-6-19)11(20)12-15-3-4-16-12/h3-4,7-9,11,20H,1-2,5-6H2,(H,15,16). The van der Waals surface area contributed by atoms with E-state index < -0.39 is 6.10 Å². The van der Waals surface area contributed by atoms with Crippen molar-refractivity contribution in [2.75, 3.05) is 18.0 Å². The number of aliphatic hydroxyl groups excluding tert-OH is 1. The molecule has 2 aromatic rings. The fourth-order valence-corrected chi connectivity index (χ4v) is 2.75. The lowest BCUT2D eigenvalue weighted by Crippen LogP contribution is -2.36. The zero-order valence-electron chi connectivity index (χ0n) is 10.9. The number of nitrogens with zero attached hydrogens (tertiary/aromatic N) is 4. The maximum atomic E-state index is 10.3. The quantitative estimate of drug-likeness (QED) is 0.894. The molecule has 3 heterocycles. The van der Waals surface area contributed by atoms with Crippen LogP contribution in [0.1, 0.15) is 24.8 Å². The number of hydrogen-bond acceptors (Lipinski definition) is 5. The van der Waals surface area contributed by atoms with Crippen LogP contribution in [0.25, 0.3) is 0 Å². The molecule has 0 amide bonds. The van der Waals surface area contributed by atoms with Crippen LogP contribution in [-0.2, 0) is 0 Å². The molecule has 0 saturated carbocycles. The highest BCUT2D eigenvalue weighted by atomic mass is 79.9. The third-order valence-electron chi connectivity index (χ3n) is 3.68. The summed E-state index contributed by atoms with van der Waals surface area (Å²) < 4.78 is 0.879. The molecule has 0 spiro atoms. The molecular weight excluding hydrogens is 322 g/mol. The average molecular weight is 338 g/mol. The van der Waals surface area contributed by atoms with Gasteiger partial charge in [0, 0.05) is 37.9 Å². The fraction of sp³-hybridized carbons (Fsp3) is 0.462. The molecule has 106 valence electrons. The maximum Gasteiger partial charge on any atom is 0.225 e. The molecule has 1 aliphatic heterocycles. The number of imidazole rings is 1. The maximum absolute atomic E-state index is 10.3. The molecule has 0 bridgehead atoms. The second kappa shape index (κ2) is 5.88. The molecule has 2 N–H and O–H groups in total. The van der Waals surface area contributed by atoms with Gasteiger partial charge in [0.2, 0.25) is 5.95 Å². The van der Waals surface area contributed by atoms with E-state index in [2.05, 4.69) is 40.8 Å². The first-order valence-electron chi connectivity index (χ1n) is 6.64. The van der Waals surface area contributed by atoms with E-state index >= 15 is 0 Å². The van der Waals surface area contributed by atoms with Crippen molar-refractivity contribution in [1.82, 2.24) is 19.9 Å². The molecule has 0 aromatic carbocycles. The summed E-state index contributed by atoms with van der Waals surface area (Å²) in [6.07, 6.45) is 8.21. The van der Waals surface area contributed by atoms with Crippen molar-refractivity contribution in [1.29, 1.82) is 0 Å². The van der Waals surface area contributed by atoms with E-state index in [0.29, 0.717) is 5.82 Å². The third kappa shape index (κ3) is 2.83. The summed E-state index contributed by atoms with van der Waals surface area (Å²) in [4.78, 5) is 17.9. The Labute approximate surface area is 125 Å². The molecule has 1 fully saturated rings. The van der Waals surface area contributed by atoms with Gasteiger partial charge in [-0.15, -0.1) is 0 Å². The first kappa shape index (κ1) is 13.5. The summed E-state index contributed by atoms with van der Waals surface area (Å²) in [5.74, 6) is 1.63. The van der Waals surface area contributed by atoms with Gasteiger partial charge in [0.1, 0.15) is 11.9 Å². The number of hydrogen-bond donors (Lipinski definition) is 2. The zero-order valence-corrected chi connectivity index (χ0v) is 12.5. The van der Waals surface area contributed by atoms with Crippen molar-refractivity contribution >= 4 is 21.9 Å². The van der Waals surface area contributed by atoms with Crippen LogP contribution in [0.3, 0.4) is 0 Å². The molecule has 7 heteroatoms. The summed E-state index contributed by atoms with van der Waals surface area (Å²) in [6, 6.07) is 0. The largest absolute Gasteiger partial charge is 0.385 e. The van der Waals surface area contributed by atoms with Crippen LogP contribution >= 0.6 is 15.9 Å².